The van der Waals surface area contributed by atoms with Gasteiger partial charge in [-0.2, -0.15) is 13.2 Å². The summed E-state index contributed by atoms with van der Waals surface area (Å²) in [6.07, 6.45) is -3.46. The van der Waals surface area contributed by atoms with Crippen molar-refractivity contribution in [2.45, 2.75) is 6.18 Å². The Morgan fingerprint density at radius 2 is 1.65 bits per heavy atom. The molecule has 1 N–H and O–H groups in total. The van der Waals surface area contributed by atoms with Crippen molar-refractivity contribution in [1.82, 2.24) is 4.98 Å². The summed E-state index contributed by atoms with van der Waals surface area (Å²) >= 11 is 0. The lowest BCUT2D eigenvalue weighted by atomic mass is 10.0. The van der Waals surface area contributed by atoms with Crippen molar-refractivity contribution in [3.63, 3.8) is 0 Å². The SMILES string of the molecule is COc1ccc2c(Oc3ccc4c(C(=O)Nc5cccc(C(F)(F)F)c5)cccc4c3)c(F)cnc2c1. The Bertz CT molecular complexity index is 1650. The number of nitrogens with one attached hydrogen (secondary N) is 1. The summed E-state index contributed by atoms with van der Waals surface area (Å²) in [5.41, 5.74) is -0.0908. The Kier molecular flexibility index (Phi) is 6.12. The third-order valence-corrected chi connectivity index (χ3v) is 5.75. The molecule has 0 fully saturated rings. The van der Waals surface area contributed by atoms with E-state index in [2.05, 4.69) is 10.3 Å². The third kappa shape index (κ3) is 4.88. The lowest BCUT2D eigenvalue weighted by molar-refractivity contribution is -0.137. The molecule has 1 aromatic heterocycles. The summed E-state index contributed by atoms with van der Waals surface area (Å²) in [5, 5.41) is 4.14. The van der Waals surface area contributed by atoms with E-state index < -0.39 is 23.5 Å². The molecule has 1 heterocycles. The van der Waals surface area contributed by atoms with Crippen LogP contribution in [-0.2, 0) is 6.18 Å². The number of hydrogen-bond donors (Lipinski definition) is 1. The number of hydrogen-bond acceptors (Lipinski definition) is 4. The Morgan fingerprint density at radius 3 is 2.43 bits per heavy atom. The zero-order chi connectivity index (χ0) is 26.2. The van der Waals surface area contributed by atoms with Crippen LogP contribution in [0.4, 0.5) is 23.2 Å². The van der Waals surface area contributed by atoms with Gasteiger partial charge in [0.25, 0.3) is 5.91 Å². The molecule has 1 amide bonds. The second-order valence-corrected chi connectivity index (χ2v) is 8.14. The highest BCUT2D eigenvalue weighted by Gasteiger charge is 2.30. The molecule has 5 nitrogen and oxygen atoms in total. The number of anilines is 1. The number of nitrogens with zero attached hydrogens (tertiary/aromatic N) is 1. The molecule has 37 heavy (non-hydrogen) atoms. The van der Waals surface area contributed by atoms with Crippen molar-refractivity contribution in [1.29, 1.82) is 0 Å². The normalized spacial score (nSPS) is 11.5. The Balaban J connectivity index is 1.45. The van der Waals surface area contributed by atoms with Crippen molar-refractivity contribution in [3.8, 4) is 17.2 Å². The summed E-state index contributed by atoms with van der Waals surface area (Å²) in [6.45, 7) is 0. The van der Waals surface area contributed by atoms with Gasteiger partial charge in [-0.25, -0.2) is 4.39 Å². The smallest absolute Gasteiger partial charge is 0.416 e. The van der Waals surface area contributed by atoms with E-state index in [1.807, 2.05) is 0 Å². The number of fused-ring (bicyclic) bond motifs is 2. The molecule has 0 atom stereocenters. The maximum atomic E-state index is 14.6. The van der Waals surface area contributed by atoms with Crippen molar-refractivity contribution >= 4 is 33.3 Å². The molecule has 0 saturated heterocycles. The van der Waals surface area contributed by atoms with Crippen LogP contribution in [0.15, 0.2) is 85.1 Å². The minimum absolute atomic E-state index is 0.00885. The first-order valence-electron chi connectivity index (χ1n) is 11.0. The number of pyridine rings is 1. The van der Waals surface area contributed by atoms with E-state index in [4.69, 9.17) is 9.47 Å². The lowest BCUT2D eigenvalue weighted by Crippen LogP contribution is -2.13. The summed E-state index contributed by atoms with van der Waals surface area (Å²) in [6, 6.07) is 19.2. The van der Waals surface area contributed by atoms with Gasteiger partial charge < -0.3 is 14.8 Å². The highest BCUT2D eigenvalue weighted by Crippen LogP contribution is 2.35. The van der Waals surface area contributed by atoms with Crippen LogP contribution in [0, 0.1) is 5.82 Å². The number of rotatable bonds is 5. The van der Waals surface area contributed by atoms with Crippen LogP contribution in [0.1, 0.15) is 15.9 Å². The molecule has 4 aromatic carbocycles. The van der Waals surface area contributed by atoms with Crippen LogP contribution >= 0.6 is 0 Å². The molecule has 0 bridgehead atoms. The molecule has 5 aromatic rings. The molecule has 9 heteroatoms. The second kappa shape index (κ2) is 9.42. The second-order valence-electron chi connectivity index (χ2n) is 8.14. The molecule has 5 rings (SSSR count). The molecule has 0 aliphatic heterocycles. The van der Waals surface area contributed by atoms with E-state index in [-0.39, 0.29) is 17.0 Å². The number of carbonyl (C=O) groups is 1. The molecule has 0 saturated carbocycles. The Morgan fingerprint density at radius 1 is 0.892 bits per heavy atom. The summed E-state index contributed by atoms with van der Waals surface area (Å²) in [5.74, 6) is -0.333. The van der Waals surface area contributed by atoms with E-state index in [9.17, 15) is 22.4 Å². The van der Waals surface area contributed by atoms with E-state index in [0.717, 1.165) is 18.3 Å². The van der Waals surface area contributed by atoms with Crippen molar-refractivity contribution in [2.75, 3.05) is 12.4 Å². The van der Waals surface area contributed by atoms with Crippen LogP contribution in [-0.4, -0.2) is 18.0 Å². The van der Waals surface area contributed by atoms with Gasteiger partial charge in [-0.1, -0.05) is 18.2 Å². The summed E-state index contributed by atoms with van der Waals surface area (Å²) in [4.78, 5) is 17.0. The van der Waals surface area contributed by atoms with E-state index in [0.29, 0.717) is 33.2 Å². The number of methoxy groups -OCH3 is 1. The van der Waals surface area contributed by atoms with E-state index in [1.54, 1.807) is 54.6 Å². The highest BCUT2D eigenvalue weighted by molar-refractivity contribution is 6.13. The Labute approximate surface area is 208 Å². The van der Waals surface area contributed by atoms with E-state index in [1.165, 1.54) is 19.2 Å². The maximum Gasteiger partial charge on any atom is 0.416 e. The van der Waals surface area contributed by atoms with Gasteiger partial charge in [-0.05, 0) is 65.4 Å². The van der Waals surface area contributed by atoms with Crippen LogP contribution < -0.4 is 14.8 Å². The minimum atomic E-state index is -4.53. The summed E-state index contributed by atoms with van der Waals surface area (Å²) in [7, 11) is 1.52. The molecule has 0 aliphatic rings. The zero-order valence-corrected chi connectivity index (χ0v) is 19.3. The van der Waals surface area contributed by atoms with Gasteiger partial charge in [0.15, 0.2) is 11.6 Å². The van der Waals surface area contributed by atoms with Gasteiger partial charge in [0.05, 0.1) is 24.4 Å². The van der Waals surface area contributed by atoms with Gasteiger partial charge in [-0.3, -0.25) is 9.78 Å². The number of amides is 1. The van der Waals surface area contributed by atoms with Crippen LogP contribution in [0.5, 0.6) is 17.2 Å². The highest BCUT2D eigenvalue weighted by atomic mass is 19.4. The fourth-order valence-corrected chi connectivity index (χ4v) is 3.97. The van der Waals surface area contributed by atoms with Crippen LogP contribution in [0.3, 0.4) is 0 Å². The number of benzene rings is 4. The minimum Gasteiger partial charge on any atom is -0.497 e. The average molecular weight is 506 g/mol. The maximum absolute atomic E-state index is 14.6. The molecule has 0 unspecified atom stereocenters. The van der Waals surface area contributed by atoms with Gasteiger partial charge in [0.2, 0.25) is 0 Å². The topological polar surface area (TPSA) is 60.5 Å². The number of carbonyl (C=O) groups excluding carboxylic acids is 1. The number of aromatic nitrogens is 1. The van der Waals surface area contributed by atoms with Crippen molar-refractivity contribution in [2.24, 2.45) is 0 Å². The zero-order valence-electron chi connectivity index (χ0n) is 19.3. The number of alkyl halides is 3. The first-order chi connectivity index (χ1) is 17.7. The quantitative estimate of drug-likeness (QED) is 0.250. The molecule has 186 valence electrons. The standard InChI is InChI=1S/C28H18F4N2O3/c1-36-19-8-11-23-25(14-19)33-15-24(29)26(23)37-20-9-10-21-16(12-20)4-2-7-22(21)27(35)34-18-6-3-5-17(13-18)28(30,31)32/h2-15H,1H3,(H,34,35). The van der Waals surface area contributed by atoms with Gasteiger partial charge in [-0.15, -0.1) is 0 Å². The van der Waals surface area contributed by atoms with Crippen molar-refractivity contribution in [3.05, 3.63) is 102 Å². The van der Waals surface area contributed by atoms with Crippen molar-refractivity contribution < 1.29 is 31.8 Å². The number of halogens is 4. The first-order valence-corrected chi connectivity index (χ1v) is 11.0. The molecular formula is C28H18F4N2O3. The van der Waals surface area contributed by atoms with Gasteiger partial charge in [0.1, 0.15) is 11.5 Å². The Hall–Kier alpha value is -4.66. The first kappa shape index (κ1) is 24.1. The largest absolute Gasteiger partial charge is 0.497 e. The van der Waals surface area contributed by atoms with Crippen LogP contribution in [0.2, 0.25) is 0 Å². The number of ether oxygens (including phenoxy) is 2. The fourth-order valence-electron chi connectivity index (χ4n) is 3.97. The van der Waals surface area contributed by atoms with Gasteiger partial charge in [0, 0.05) is 22.7 Å². The average Bonchev–Trinajstić information content (AvgIpc) is 2.89. The molecule has 0 aliphatic carbocycles. The van der Waals surface area contributed by atoms with E-state index >= 15 is 0 Å². The molecule has 0 radical (unpaired) electrons. The fraction of sp³-hybridized carbons (Fsp3) is 0.0714. The molecular weight excluding hydrogens is 488 g/mol. The monoisotopic (exact) mass is 506 g/mol. The molecule has 0 spiro atoms. The summed E-state index contributed by atoms with van der Waals surface area (Å²) < 4.78 is 64.8. The third-order valence-electron chi connectivity index (χ3n) is 5.75. The van der Waals surface area contributed by atoms with Crippen LogP contribution in [0.25, 0.3) is 21.7 Å². The predicted octanol–water partition coefficient (Wildman–Crippen LogP) is 7.60. The van der Waals surface area contributed by atoms with Gasteiger partial charge >= 0.3 is 6.18 Å². The predicted molar refractivity (Wildman–Crippen MR) is 132 cm³/mol. The lowest BCUT2D eigenvalue weighted by Gasteiger charge is -2.13.